The molecule has 0 heterocycles. The molecule has 4 atom stereocenters. The van der Waals surface area contributed by atoms with Gasteiger partial charge in [-0.25, -0.2) is 0 Å². The van der Waals surface area contributed by atoms with E-state index in [0.29, 0.717) is 23.5 Å². The number of hydrogen-bond acceptors (Lipinski definition) is 11. The van der Waals surface area contributed by atoms with Crippen LogP contribution in [0.4, 0.5) is 0 Å². The van der Waals surface area contributed by atoms with E-state index in [9.17, 15) is 4.79 Å². The van der Waals surface area contributed by atoms with Gasteiger partial charge in [-0.1, -0.05) is 259 Å². The van der Waals surface area contributed by atoms with E-state index in [1.165, 1.54) is 45.9 Å². The molecule has 0 aromatic heterocycles. The van der Waals surface area contributed by atoms with Gasteiger partial charge in [0.25, 0.3) is 0 Å². The minimum atomic E-state index is -0.592. The molecule has 0 amide bonds. The fraction of sp³-hybridized carbons (Fsp3) is 0.372. The van der Waals surface area contributed by atoms with Crippen molar-refractivity contribution in [2.75, 3.05) is 28.4 Å². The SMILES string of the molecule is CCC(C)(C)c1ccc(OC(C)(C)c2cc(OC)cc(OC)c2)cc1.CCC(C)(C)c1ccc(OC(C)(C)c2cccc(OC)c2)cc1.CCC(C)c1ccc(OC(C)(C)c2ccc(C)cc2)cc1.CCC(C)c1ccc(OC(C)(C)c2ccc(OC(C)=O)c3ccccc23)cc1.CCC(C)c1ccc(OC(C)(c2ccccc2)c2ccc(OC)cc2)cc1. The van der Waals surface area contributed by atoms with Crippen molar-refractivity contribution in [3.8, 4) is 57.5 Å². The molecule has 658 valence electrons. The minimum absolute atomic E-state index is 0.175. The Morgan fingerprint density at radius 2 is 0.621 bits per heavy atom. The molecule has 0 N–H and O–H groups in total. The summed E-state index contributed by atoms with van der Waals surface area (Å²) in [5.41, 5.74) is 12.5. The van der Waals surface area contributed by atoms with Crippen LogP contribution in [0.1, 0.15) is 269 Å². The summed E-state index contributed by atoms with van der Waals surface area (Å²) < 4.78 is 58.4. The predicted molar refractivity (Wildman–Crippen MR) is 515 cm³/mol. The average molecular weight is 1670 g/mol. The van der Waals surface area contributed by atoms with Crippen molar-refractivity contribution in [3.63, 3.8) is 0 Å². The van der Waals surface area contributed by atoms with E-state index >= 15 is 0 Å². The number of aryl methyl sites for hydroxylation is 1. The Kier molecular flexibility index (Phi) is 35.0. The zero-order valence-electron chi connectivity index (χ0n) is 79.3. The smallest absolute Gasteiger partial charge is 0.308 e. The lowest BCUT2D eigenvalue weighted by Crippen LogP contribution is -2.31. The summed E-state index contributed by atoms with van der Waals surface area (Å²) in [6.45, 7) is 49.1. The molecule has 11 heteroatoms. The molecule has 0 saturated carbocycles. The van der Waals surface area contributed by atoms with Gasteiger partial charge in [0, 0.05) is 29.5 Å². The molecule has 0 aliphatic heterocycles. The summed E-state index contributed by atoms with van der Waals surface area (Å²) >= 11 is 0. The summed E-state index contributed by atoms with van der Waals surface area (Å²) in [5.74, 6) is 9.50. The molecule has 11 nitrogen and oxygen atoms in total. The first-order valence-electron chi connectivity index (χ1n) is 44.1. The van der Waals surface area contributed by atoms with E-state index in [-0.39, 0.29) is 22.4 Å². The number of benzene rings is 12. The highest BCUT2D eigenvalue weighted by molar-refractivity contribution is 5.93. The third kappa shape index (κ3) is 27.0. The van der Waals surface area contributed by atoms with Gasteiger partial charge in [0.15, 0.2) is 5.60 Å². The molecule has 0 radical (unpaired) electrons. The van der Waals surface area contributed by atoms with Crippen LogP contribution in [0, 0.1) is 6.92 Å². The van der Waals surface area contributed by atoms with Crippen LogP contribution in [0.2, 0.25) is 0 Å². The summed E-state index contributed by atoms with van der Waals surface area (Å²) in [4.78, 5) is 11.4. The van der Waals surface area contributed by atoms with Gasteiger partial charge >= 0.3 is 5.97 Å². The van der Waals surface area contributed by atoms with Gasteiger partial charge in [0.1, 0.15) is 79.9 Å². The van der Waals surface area contributed by atoms with E-state index in [4.69, 9.17) is 47.4 Å². The molecule has 0 spiro atoms. The van der Waals surface area contributed by atoms with E-state index in [1.807, 2.05) is 141 Å². The molecule has 0 fully saturated rings. The summed E-state index contributed by atoms with van der Waals surface area (Å²) in [6.07, 6.45) is 5.63. The van der Waals surface area contributed by atoms with E-state index < -0.39 is 22.4 Å². The first-order valence-corrected chi connectivity index (χ1v) is 44.1. The molecule has 12 rings (SSSR count). The Hall–Kier alpha value is -11.4. The highest BCUT2D eigenvalue weighted by Crippen LogP contribution is 2.42. The third-order valence-electron chi connectivity index (χ3n) is 24.3. The second-order valence-electron chi connectivity index (χ2n) is 35.8. The van der Waals surface area contributed by atoms with Crippen LogP contribution in [0.15, 0.2) is 279 Å². The molecule has 0 saturated heterocycles. The lowest BCUT2D eigenvalue weighted by molar-refractivity contribution is -0.131. The van der Waals surface area contributed by atoms with Gasteiger partial charge in [0.05, 0.1) is 28.4 Å². The van der Waals surface area contributed by atoms with Crippen LogP contribution in [-0.2, 0) is 43.6 Å². The van der Waals surface area contributed by atoms with Gasteiger partial charge in [0.2, 0.25) is 0 Å². The van der Waals surface area contributed by atoms with Crippen LogP contribution in [0.5, 0.6) is 57.5 Å². The Balaban J connectivity index is 0.000000193. The minimum Gasteiger partial charge on any atom is -0.497 e. The van der Waals surface area contributed by atoms with Crippen molar-refractivity contribution < 1.29 is 52.2 Å². The second kappa shape index (κ2) is 44.3. The molecule has 0 aliphatic rings. The lowest BCUT2D eigenvalue weighted by atomic mass is 9.82. The molecular formula is C113H140O11. The standard InChI is InChI=1S/C25H28O3.C25H28O2.C22H30O3.C21H28O2.C20H26O/c1-6-17(2)19-11-13-20(14-12-19)28-25(4,5)23-15-16-24(27-18(3)26)22-10-8-7-9-21(22)23;1-5-19(2)20-11-15-24(16-12-20)27-25(3,21-9-7-6-8-10-21)22-13-17-23(26-4)18-14-22;1-8-21(2,3)16-9-11-18(12-10-16)25-22(4,5)17-13-19(23-6)15-20(14-17)24-7;1-7-20(2,3)16-11-13-18(14-12-16)23-21(4,5)17-9-8-10-19(15-17)22-6;1-6-16(3)17-9-13-19(14-10-17)21-20(4,5)18-11-7-15(2)8-12-18/h7-17H,6H2,1-5H3;6-19H,5H2,1-4H3;9-15H,8H2,1-7H3;8-15H,7H2,1-6H3;7-14,16H,6H2,1-5H3. The van der Waals surface area contributed by atoms with Crippen molar-refractivity contribution >= 4 is 16.7 Å². The highest BCUT2D eigenvalue weighted by Gasteiger charge is 2.33. The predicted octanol–water partition coefficient (Wildman–Crippen LogP) is 30.4. The summed E-state index contributed by atoms with van der Waals surface area (Å²) in [6, 6.07) is 94.8. The first kappa shape index (κ1) is 98.0. The van der Waals surface area contributed by atoms with E-state index in [1.54, 1.807) is 28.4 Å². The topological polar surface area (TPSA) is 109 Å². The second-order valence-corrected chi connectivity index (χ2v) is 35.8. The van der Waals surface area contributed by atoms with Crippen LogP contribution < -0.4 is 47.4 Å². The molecule has 4 unspecified atom stereocenters. The zero-order chi connectivity index (χ0) is 90.8. The lowest BCUT2D eigenvalue weighted by Gasteiger charge is -2.32. The van der Waals surface area contributed by atoms with Crippen molar-refractivity contribution in [1.82, 2.24) is 0 Å². The monoisotopic (exact) mass is 1670 g/mol. The number of hydrogen-bond donors (Lipinski definition) is 0. The maximum absolute atomic E-state index is 11.4. The van der Waals surface area contributed by atoms with Gasteiger partial charge in [-0.05, 0) is 289 Å². The number of methoxy groups -OCH3 is 4. The highest BCUT2D eigenvalue weighted by atomic mass is 16.5. The number of carbonyl (C=O) groups excluding carboxylic acids is 1. The van der Waals surface area contributed by atoms with Crippen LogP contribution in [0.25, 0.3) is 10.8 Å². The van der Waals surface area contributed by atoms with Crippen LogP contribution >= 0.6 is 0 Å². The number of fused-ring (bicyclic) bond motifs is 1. The number of carbonyl (C=O) groups is 1. The largest absolute Gasteiger partial charge is 0.497 e. The van der Waals surface area contributed by atoms with Gasteiger partial charge < -0.3 is 47.4 Å². The number of ether oxygens (including phenoxy) is 10. The number of rotatable bonds is 31. The van der Waals surface area contributed by atoms with Crippen molar-refractivity contribution in [2.24, 2.45) is 0 Å². The van der Waals surface area contributed by atoms with Crippen molar-refractivity contribution in [1.29, 1.82) is 0 Å². The van der Waals surface area contributed by atoms with Crippen LogP contribution in [-0.4, -0.2) is 34.4 Å². The zero-order valence-corrected chi connectivity index (χ0v) is 79.3. The Bertz CT molecular complexity index is 5220. The molecular weight excluding hydrogens is 1530 g/mol. The summed E-state index contributed by atoms with van der Waals surface area (Å²) in [5, 5.41) is 1.92. The molecule has 0 aliphatic carbocycles. The van der Waals surface area contributed by atoms with Crippen molar-refractivity contribution in [3.05, 3.63) is 346 Å². The molecule has 12 aromatic carbocycles. The van der Waals surface area contributed by atoms with Gasteiger partial charge in [-0.3, -0.25) is 4.79 Å². The van der Waals surface area contributed by atoms with Crippen LogP contribution in [0.3, 0.4) is 0 Å². The normalized spacial score (nSPS) is 12.8. The van der Waals surface area contributed by atoms with E-state index in [0.717, 1.165) is 122 Å². The Morgan fingerprint density at radius 3 is 1.02 bits per heavy atom. The Labute approximate surface area is 744 Å². The molecule has 12 aromatic rings. The third-order valence-corrected chi connectivity index (χ3v) is 24.3. The fourth-order valence-electron chi connectivity index (χ4n) is 14.4. The maximum atomic E-state index is 11.4. The van der Waals surface area contributed by atoms with Crippen molar-refractivity contribution in [2.45, 2.75) is 248 Å². The average Bonchev–Trinajstić information content (AvgIpc) is 0.775. The number of esters is 1. The van der Waals surface area contributed by atoms with E-state index in [2.05, 4.69) is 290 Å². The fourth-order valence-corrected chi connectivity index (χ4v) is 14.4. The molecule has 0 bridgehead atoms. The quantitative estimate of drug-likeness (QED) is 0.0306. The first-order chi connectivity index (χ1) is 58.8. The molecule has 124 heavy (non-hydrogen) atoms. The van der Waals surface area contributed by atoms with Gasteiger partial charge in [-0.2, -0.15) is 0 Å². The summed E-state index contributed by atoms with van der Waals surface area (Å²) in [7, 11) is 6.67. The Morgan fingerprint density at radius 1 is 0.290 bits per heavy atom. The van der Waals surface area contributed by atoms with Gasteiger partial charge in [-0.15, -0.1) is 0 Å². The maximum Gasteiger partial charge on any atom is 0.308 e.